The number of benzene rings is 1. The third-order valence-corrected chi connectivity index (χ3v) is 2.47. The molecule has 0 aromatic heterocycles. The van der Waals surface area contributed by atoms with Crippen LogP contribution in [0.5, 0.6) is 5.75 Å². The highest BCUT2D eigenvalue weighted by atomic mass is 16.5. The molecule has 0 aliphatic rings. The number of methoxy groups -OCH3 is 1. The van der Waals surface area contributed by atoms with Gasteiger partial charge in [-0.05, 0) is 23.1 Å². The highest BCUT2D eigenvalue weighted by Crippen LogP contribution is 2.21. The average Bonchev–Trinajstić information content (AvgIpc) is 2.25. The van der Waals surface area contributed by atoms with Crippen LogP contribution in [-0.4, -0.2) is 18.3 Å². The van der Waals surface area contributed by atoms with Crippen LogP contribution in [0.2, 0.25) is 0 Å². The van der Waals surface area contributed by atoms with E-state index in [0.717, 1.165) is 11.3 Å². The monoisotopic (exact) mass is 220 g/mol. The lowest BCUT2D eigenvalue weighted by atomic mass is 9.89. The zero-order valence-corrected chi connectivity index (χ0v) is 10.4. The molecule has 0 bridgehead atoms. The van der Waals surface area contributed by atoms with Crippen molar-refractivity contribution in [2.24, 2.45) is 5.41 Å². The Morgan fingerprint density at radius 2 is 1.75 bits per heavy atom. The summed E-state index contributed by atoms with van der Waals surface area (Å²) in [6.07, 6.45) is 3.31. The third-order valence-electron chi connectivity index (χ3n) is 2.47. The van der Waals surface area contributed by atoms with Gasteiger partial charge < -0.3 is 9.84 Å². The van der Waals surface area contributed by atoms with Gasteiger partial charge in [-0.15, -0.1) is 0 Å². The lowest BCUT2D eigenvalue weighted by molar-refractivity contribution is 0.106. The summed E-state index contributed by atoms with van der Waals surface area (Å²) in [4.78, 5) is 0. The molecule has 0 amide bonds. The average molecular weight is 220 g/mol. The van der Waals surface area contributed by atoms with Gasteiger partial charge in [-0.3, -0.25) is 0 Å². The van der Waals surface area contributed by atoms with E-state index < -0.39 is 6.10 Å². The number of rotatable bonds is 3. The maximum absolute atomic E-state index is 9.84. The van der Waals surface area contributed by atoms with Crippen molar-refractivity contribution in [3.8, 4) is 5.75 Å². The molecule has 1 aromatic carbocycles. The first-order valence-corrected chi connectivity index (χ1v) is 5.44. The molecule has 0 saturated carbocycles. The maximum atomic E-state index is 9.84. The van der Waals surface area contributed by atoms with Crippen LogP contribution in [0.3, 0.4) is 0 Å². The van der Waals surface area contributed by atoms with E-state index in [1.165, 1.54) is 0 Å². The molecule has 1 rings (SSSR count). The molecule has 2 nitrogen and oxygen atoms in total. The Labute approximate surface area is 97.6 Å². The van der Waals surface area contributed by atoms with Gasteiger partial charge in [-0.2, -0.15) is 0 Å². The molecule has 16 heavy (non-hydrogen) atoms. The van der Waals surface area contributed by atoms with Crippen LogP contribution < -0.4 is 4.74 Å². The first-order chi connectivity index (χ1) is 7.43. The summed E-state index contributed by atoms with van der Waals surface area (Å²) < 4.78 is 5.08. The van der Waals surface area contributed by atoms with Crippen LogP contribution in [0, 0.1) is 5.41 Å². The second kappa shape index (κ2) is 5.17. The standard InChI is InChI=1S/C14H20O2/c1-14(2,3)13(15)10-7-11-5-8-12(16-4)9-6-11/h5-10,13,15H,1-4H3. The van der Waals surface area contributed by atoms with Gasteiger partial charge in [0, 0.05) is 0 Å². The van der Waals surface area contributed by atoms with E-state index in [2.05, 4.69) is 0 Å². The van der Waals surface area contributed by atoms with Crippen molar-refractivity contribution >= 4 is 6.08 Å². The van der Waals surface area contributed by atoms with E-state index in [-0.39, 0.29) is 5.41 Å². The van der Waals surface area contributed by atoms with Crippen LogP contribution in [0.25, 0.3) is 6.08 Å². The maximum Gasteiger partial charge on any atom is 0.118 e. The molecule has 2 heteroatoms. The predicted molar refractivity (Wildman–Crippen MR) is 67.5 cm³/mol. The van der Waals surface area contributed by atoms with Crippen molar-refractivity contribution in [3.63, 3.8) is 0 Å². The van der Waals surface area contributed by atoms with E-state index in [9.17, 15) is 5.11 Å². The Bertz CT molecular complexity index is 344. The van der Waals surface area contributed by atoms with Crippen LogP contribution in [0.1, 0.15) is 26.3 Å². The van der Waals surface area contributed by atoms with E-state index in [0.29, 0.717) is 0 Å². The number of hydrogen-bond acceptors (Lipinski definition) is 2. The Morgan fingerprint density at radius 3 is 2.19 bits per heavy atom. The molecule has 1 atom stereocenters. The van der Waals surface area contributed by atoms with Crippen molar-refractivity contribution in [1.82, 2.24) is 0 Å². The van der Waals surface area contributed by atoms with E-state index >= 15 is 0 Å². The number of aliphatic hydroxyl groups is 1. The SMILES string of the molecule is COc1ccc(C=CC(O)C(C)(C)C)cc1. The van der Waals surface area contributed by atoms with Crippen LogP contribution in [0.15, 0.2) is 30.3 Å². The Morgan fingerprint density at radius 1 is 1.19 bits per heavy atom. The first-order valence-electron chi connectivity index (χ1n) is 5.44. The number of hydrogen-bond donors (Lipinski definition) is 1. The fraction of sp³-hybridized carbons (Fsp3) is 0.429. The minimum absolute atomic E-state index is 0.122. The summed E-state index contributed by atoms with van der Waals surface area (Å²) in [5.41, 5.74) is 0.937. The van der Waals surface area contributed by atoms with Gasteiger partial charge in [-0.1, -0.05) is 45.1 Å². The molecule has 0 heterocycles. The van der Waals surface area contributed by atoms with Gasteiger partial charge in [0.2, 0.25) is 0 Å². The zero-order chi connectivity index (χ0) is 12.2. The van der Waals surface area contributed by atoms with Crippen molar-refractivity contribution in [2.75, 3.05) is 7.11 Å². The lowest BCUT2D eigenvalue weighted by Gasteiger charge is -2.22. The molecule has 0 aliphatic carbocycles. The Hall–Kier alpha value is -1.28. The smallest absolute Gasteiger partial charge is 0.118 e. The van der Waals surface area contributed by atoms with E-state index in [1.54, 1.807) is 7.11 Å². The number of ether oxygens (including phenoxy) is 1. The summed E-state index contributed by atoms with van der Waals surface area (Å²) in [6, 6.07) is 7.74. The summed E-state index contributed by atoms with van der Waals surface area (Å²) in [7, 11) is 1.65. The van der Waals surface area contributed by atoms with Crippen LogP contribution in [-0.2, 0) is 0 Å². The quantitative estimate of drug-likeness (QED) is 0.848. The summed E-state index contributed by atoms with van der Waals surface area (Å²) in [5.74, 6) is 0.841. The fourth-order valence-corrected chi connectivity index (χ4v) is 1.21. The first kappa shape index (κ1) is 12.8. The summed E-state index contributed by atoms with van der Waals surface area (Å²) in [6.45, 7) is 6.03. The van der Waals surface area contributed by atoms with Crippen LogP contribution >= 0.6 is 0 Å². The summed E-state index contributed by atoms with van der Waals surface area (Å²) >= 11 is 0. The minimum atomic E-state index is -0.436. The Kier molecular flexibility index (Phi) is 4.13. The van der Waals surface area contributed by atoms with Crippen molar-refractivity contribution in [2.45, 2.75) is 26.9 Å². The molecular formula is C14H20O2. The van der Waals surface area contributed by atoms with Crippen molar-refractivity contribution in [3.05, 3.63) is 35.9 Å². The minimum Gasteiger partial charge on any atom is -0.497 e. The summed E-state index contributed by atoms with van der Waals surface area (Å²) in [5, 5.41) is 9.84. The molecule has 88 valence electrons. The highest BCUT2D eigenvalue weighted by Gasteiger charge is 2.18. The largest absolute Gasteiger partial charge is 0.497 e. The Balaban J connectivity index is 2.69. The van der Waals surface area contributed by atoms with E-state index in [1.807, 2.05) is 57.2 Å². The molecule has 1 N–H and O–H groups in total. The number of aliphatic hydroxyl groups excluding tert-OH is 1. The van der Waals surface area contributed by atoms with Gasteiger partial charge in [-0.25, -0.2) is 0 Å². The molecule has 1 unspecified atom stereocenters. The zero-order valence-electron chi connectivity index (χ0n) is 10.4. The molecule has 0 spiro atoms. The highest BCUT2D eigenvalue weighted by molar-refractivity contribution is 5.51. The van der Waals surface area contributed by atoms with Crippen molar-refractivity contribution in [1.29, 1.82) is 0 Å². The lowest BCUT2D eigenvalue weighted by Crippen LogP contribution is -2.23. The molecule has 0 fully saturated rings. The van der Waals surface area contributed by atoms with Crippen molar-refractivity contribution < 1.29 is 9.84 Å². The molecule has 0 radical (unpaired) electrons. The normalized spacial score (nSPS) is 14.1. The molecule has 1 aromatic rings. The third kappa shape index (κ3) is 3.70. The second-order valence-corrected chi connectivity index (χ2v) is 4.94. The van der Waals surface area contributed by atoms with Crippen LogP contribution in [0.4, 0.5) is 0 Å². The molecular weight excluding hydrogens is 200 g/mol. The molecule has 0 aliphatic heterocycles. The molecule has 0 saturated heterocycles. The van der Waals surface area contributed by atoms with Gasteiger partial charge in [0.1, 0.15) is 5.75 Å². The van der Waals surface area contributed by atoms with Gasteiger partial charge in [0.05, 0.1) is 13.2 Å². The topological polar surface area (TPSA) is 29.5 Å². The predicted octanol–water partition coefficient (Wildman–Crippen LogP) is 3.12. The second-order valence-electron chi connectivity index (χ2n) is 4.94. The van der Waals surface area contributed by atoms with E-state index in [4.69, 9.17) is 4.74 Å². The fourth-order valence-electron chi connectivity index (χ4n) is 1.21. The van der Waals surface area contributed by atoms with Gasteiger partial charge in [0.25, 0.3) is 0 Å². The van der Waals surface area contributed by atoms with Gasteiger partial charge in [0.15, 0.2) is 0 Å². The van der Waals surface area contributed by atoms with Gasteiger partial charge >= 0.3 is 0 Å².